The van der Waals surface area contributed by atoms with Crippen LogP contribution >= 0.6 is 11.6 Å². The Morgan fingerprint density at radius 2 is 1.53 bits per heavy atom. The number of carbonyl (C=O) groups is 1. The predicted octanol–water partition coefficient (Wildman–Crippen LogP) is 6.29. The van der Waals surface area contributed by atoms with Crippen molar-refractivity contribution in [1.82, 2.24) is 4.90 Å². The molecule has 1 heterocycles. The van der Waals surface area contributed by atoms with Crippen LogP contribution in [0.15, 0.2) is 84.9 Å². The summed E-state index contributed by atoms with van der Waals surface area (Å²) in [7, 11) is 0. The van der Waals surface area contributed by atoms with Gasteiger partial charge in [0.1, 0.15) is 0 Å². The third-order valence-electron chi connectivity index (χ3n) is 5.69. The normalized spacial score (nSPS) is 14.4. The number of ketones is 1. The first-order valence-corrected chi connectivity index (χ1v) is 10.9. The third kappa shape index (κ3) is 5.47. The Morgan fingerprint density at radius 3 is 2.17 bits per heavy atom. The van der Waals surface area contributed by atoms with E-state index in [0.29, 0.717) is 6.42 Å². The van der Waals surface area contributed by atoms with Gasteiger partial charge in [0.05, 0.1) is 0 Å². The van der Waals surface area contributed by atoms with E-state index in [0.717, 1.165) is 43.1 Å². The molecule has 0 unspecified atom stereocenters. The summed E-state index contributed by atoms with van der Waals surface area (Å²) in [4.78, 5) is 15.0. The number of nitrogens with zero attached hydrogens (tertiary/aromatic N) is 1. The van der Waals surface area contributed by atoms with Crippen LogP contribution < -0.4 is 0 Å². The van der Waals surface area contributed by atoms with Gasteiger partial charge in [-0.1, -0.05) is 84.4 Å². The first-order valence-electron chi connectivity index (χ1n) is 10.5. The molecule has 0 amide bonds. The molecule has 0 saturated heterocycles. The maximum Gasteiger partial charge on any atom is 0.164 e. The lowest BCUT2D eigenvalue weighted by atomic mass is 9.99. The van der Waals surface area contributed by atoms with Crippen molar-refractivity contribution in [2.45, 2.75) is 19.3 Å². The van der Waals surface area contributed by atoms with Gasteiger partial charge in [0.15, 0.2) is 5.78 Å². The van der Waals surface area contributed by atoms with Crippen LogP contribution in [0.5, 0.6) is 0 Å². The first kappa shape index (κ1) is 20.6. The predicted molar refractivity (Wildman–Crippen MR) is 125 cm³/mol. The second-order valence-corrected chi connectivity index (χ2v) is 8.26. The van der Waals surface area contributed by atoms with Crippen molar-refractivity contribution in [2.24, 2.45) is 0 Å². The minimum atomic E-state index is 0.214. The van der Waals surface area contributed by atoms with Crippen LogP contribution in [-0.2, 0) is 6.42 Å². The average Bonchev–Trinajstić information content (AvgIpc) is 2.80. The quantitative estimate of drug-likeness (QED) is 0.422. The first-order chi connectivity index (χ1) is 14.7. The molecule has 0 atom stereocenters. The lowest BCUT2D eigenvalue weighted by Gasteiger charge is -2.26. The van der Waals surface area contributed by atoms with Crippen LogP contribution in [0, 0.1) is 0 Å². The molecule has 0 saturated carbocycles. The topological polar surface area (TPSA) is 20.3 Å². The summed E-state index contributed by atoms with van der Waals surface area (Å²) in [5.74, 6) is 0.214. The number of carbonyl (C=O) groups excluding carboxylic acids is 1. The van der Waals surface area contributed by atoms with Gasteiger partial charge in [0.25, 0.3) is 0 Å². The zero-order valence-corrected chi connectivity index (χ0v) is 17.8. The molecule has 3 heteroatoms. The van der Waals surface area contributed by atoms with E-state index in [-0.39, 0.29) is 5.78 Å². The molecule has 0 aromatic heterocycles. The molecule has 3 aromatic carbocycles. The van der Waals surface area contributed by atoms with Crippen LogP contribution in [0.25, 0.3) is 5.57 Å². The summed E-state index contributed by atoms with van der Waals surface area (Å²) in [5, 5.41) is 0.750. The molecule has 0 bridgehead atoms. The number of hydrogen-bond donors (Lipinski definition) is 0. The molecule has 0 radical (unpaired) electrons. The second-order valence-electron chi connectivity index (χ2n) is 7.82. The van der Waals surface area contributed by atoms with E-state index in [2.05, 4.69) is 53.4 Å². The minimum Gasteiger partial charge on any atom is -0.299 e. The molecule has 0 N–H and O–H groups in total. The number of rotatable bonds is 7. The van der Waals surface area contributed by atoms with E-state index in [4.69, 9.17) is 11.6 Å². The molecule has 2 nitrogen and oxygen atoms in total. The Hall–Kier alpha value is -2.68. The molecule has 0 fully saturated rings. The summed E-state index contributed by atoms with van der Waals surface area (Å²) in [6.07, 6.45) is 4.74. The van der Waals surface area contributed by atoms with Gasteiger partial charge in [0, 0.05) is 36.6 Å². The van der Waals surface area contributed by atoms with Crippen LogP contribution in [-0.4, -0.2) is 30.3 Å². The molecule has 3 aromatic rings. The van der Waals surface area contributed by atoms with Gasteiger partial charge in [-0.05, 0) is 47.2 Å². The second kappa shape index (κ2) is 9.88. The monoisotopic (exact) mass is 415 g/mol. The molecule has 0 aliphatic carbocycles. The summed E-state index contributed by atoms with van der Waals surface area (Å²) >= 11 is 5.95. The molecule has 30 heavy (non-hydrogen) atoms. The van der Waals surface area contributed by atoms with Gasteiger partial charge < -0.3 is 0 Å². The van der Waals surface area contributed by atoms with Gasteiger partial charge in [-0.2, -0.15) is 0 Å². The van der Waals surface area contributed by atoms with Crippen molar-refractivity contribution in [3.63, 3.8) is 0 Å². The molecular formula is C27H26ClNO. The van der Waals surface area contributed by atoms with E-state index in [1.807, 2.05) is 36.4 Å². The maximum absolute atomic E-state index is 12.6. The Labute approximate surface area is 183 Å². The zero-order valence-electron chi connectivity index (χ0n) is 17.1. The SMILES string of the molecule is O=C(CCN1CC=C(c2ccccc2)CC1)c1ccc(Cc2ccc(Cl)cc2)cc1. The van der Waals surface area contributed by atoms with Crippen LogP contribution in [0.2, 0.25) is 5.02 Å². The van der Waals surface area contributed by atoms with Crippen molar-refractivity contribution in [3.05, 3.63) is 112 Å². The lowest BCUT2D eigenvalue weighted by molar-refractivity contribution is 0.0966. The van der Waals surface area contributed by atoms with Crippen molar-refractivity contribution in [1.29, 1.82) is 0 Å². The van der Waals surface area contributed by atoms with Crippen molar-refractivity contribution in [3.8, 4) is 0 Å². The van der Waals surface area contributed by atoms with Crippen molar-refractivity contribution >= 4 is 23.0 Å². The Kier molecular flexibility index (Phi) is 6.78. The molecule has 0 spiro atoms. The highest BCUT2D eigenvalue weighted by Gasteiger charge is 2.14. The highest BCUT2D eigenvalue weighted by molar-refractivity contribution is 6.30. The molecule has 4 rings (SSSR count). The number of benzene rings is 3. The van der Waals surface area contributed by atoms with E-state index >= 15 is 0 Å². The highest BCUT2D eigenvalue weighted by Crippen LogP contribution is 2.22. The molecule has 152 valence electrons. The number of halogens is 1. The fourth-order valence-corrected chi connectivity index (χ4v) is 4.01. The fourth-order valence-electron chi connectivity index (χ4n) is 3.88. The molecular weight excluding hydrogens is 390 g/mol. The average molecular weight is 416 g/mol. The van der Waals surface area contributed by atoms with Gasteiger partial charge in [-0.25, -0.2) is 0 Å². The standard InChI is InChI=1S/C27H26ClNO/c28-26-12-8-22(9-13-26)20-21-6-10-25(11-7-21)27(30)16-19-29-17-14-24(15-18-29)23-4-2-1-3-5-23/h1-14H,15-20H2. The summed E-state index contributed by atoms with van der Waals surface area (Å²) in [6, 6.07) is 26.5. The molecule has 1 aliphatic heterocycles. The lowest BCUT2D eigenvalue weighted by Crippen LogP contribution is -2.30. The Balaban J connectivity index is 1.27. The van der Waals surface area contributed by atoms with Crippen LogP contribution in [0.4, 0.5) is 0 Å². The maximum atomic E-state index is 12.6. The van der Waals surface area contributed by atoms with Crippen molar-refractivity contribution in [2.75, 3.05) is 19.6 Å². The number of hydrogen-bond acceptors (Lipinski definition) is 2. The van der Waals surface area contributed by atoms with Gasteiger partial charge >= 0.3 is 0 Å². The Morgan fingerprint density at radius 1 is 0.867 bits per heavy atom. The summed E-state index contributed by atoms with van der Waals surface area (Å²) < 4.78 is 0. The highest BCUT2D eigenvalue weighted by atomic mass is 35.5. The van der Waals surface area contributed by atoms with Gasteiger partial charge in [0.2, 0.25) is 0 Å². The van der Waals surface area contributed by atoms with E-state index in [1.165, 1.54) is 22.3 Å². The number of Topliss-reactive ketones (excluding diaryl/α,β-unsaturated/α-hetero) is 1. The van der Waals surface area contributed by atoms with Crippen molar-refractivity contribution < 1.29 is 4.79 Å². The fraction of sp³-hybridized carbons (Fsp3) is 0.222. The Bertz CT molecular complexity index is 1010. The smallest absolute Gasteiger partial charge is 0.164 e. The van der Waals surface area contributed by atoms with Gasteiger partial charge in [-0.15, -0.1) is 0 Å². The summed E-state index contributed by atoms with van der Waals surface area (Å²) in [5.41, 5.74) is 5.93. The third-order valence-corrected chi connectivity index (χ3v) is 5.94. The zero-order chi connectivity index (χ0) is 20.8. The van der Waals surface area contributed by atoms with Crippen LogP contribution in [0.3, 0.4) is 0 Å². The largest absolute Gasteiger partial charge is 0.299 e. The van der Waals surface area contributed by atoms with E-state index < -0.39 is 0 Å². The van der Waals surface area contributed by atoms with E-state index in [1.54, 1.807) is 0 Å². The van der Waals surface area contributed by atoms with Gasteiger partial charge in [-0.3, -0.25) is 9.69 Å². The van der Waals surface area contributed by atoms with Crippen LogP contribution in [0.1, 0.15) is 39.9 Å². The molecule has 1 aliphatic rings. The summed E-state index contributed by atoms with van der Waals surface area (Å²) in [6.45, 7) is 2.73. The minimum absolute atomic E-state index is 0.214. The van der Waals surface area contributed by atoms with E-state index in [9.17, 15) is 4.79 Å².